The first kappa shape index (κ1) is 19.0. The molecule has 6 heteroatoms. The summed E-state index contributed by atoms with van der Waals surface area (Å²) in [7, 11) is -0.454. The lowest BCUT2D eigenvalue weighted by atomic mass is 9.75. The van der Waals surface area contributed by atoms with Gasteiger partial charge in [0.25, 0.3) is 0 Å². The predicted octanol–water partition coefficient (Wildman–Crippen LogP) is 3.48. The van der Waals surface area contributed by atoms with Crippen molar-refractivity contribution in [1.29, 1.82) is 0 Å². The Morgan fingerprint density at radius 2 is 1.55 bits per heavy atom. The summed E-state index contributed by atoms with van der Waals surface area (Å²) in [5.74, 6) is 0. The van der Waals surface area contributed by atoms with Crippen LogP contribution in [0, 0.1) is 0 Å². The number of ether oxygens (including phenoxy) is 1. The Hall–Kier alpha value is -1.01. The second-order valence-electron chi connectivity index (χ2n) is 7.97. The van der Waals surface area contributed by atoms with Crippen LogP contribution in [0.1, 0.15) is 62.3 Å². The highest BCUT2D eigenvalue weighted by molar-refractivity contribution is 6.55. The van der Waals surface area contributed by atoms with Gasteiger partial charge in [-0.25, -0.2) is 4.79 Å². The van der Waals surface area contributed by atoms with Crippen LogP contribution in [0.5, 0.6) is 0 Å². The molecule has 0 unspecified atom stereocenters. The van der Waals surface area contributed by atoms with Gasteiger partial charge in [-0.1, -0.05) is 5.57 Å². The van der Waals surface area contributed by atoms with Crippen molar-refractivity contribution in [1.82, 2.24) is 5.32 Å². The van der Waals surface area contributed by atoms with Gasteiger partial charge in [0.1, 0.15) is 5.60 Å². The Bertz CT molecular complexity index is 443. The molecule has 0 radical (unpaired) electrons. The molecule has 0 spiro atoms. The van der Waals surface area contributed by atoms with Crippen molar-refractivity contribution < 1.29 is 18.8 Å². The molecule has 1 rings (SSSR count). The van der Waals surface area contributed by atoms with E-state index < -0.39 is 30.0 Å². The van der Waals surface area contributed by atoms with Crippen molar-refractivity contribution in [3.05, 3.63) is 11.0 Å². The summed E-state index contributed by atoms with van der Waals surface area (Å²) in [6.45, 7) is 17.9. The van der Waals surface area contributed by atoms with Crippen LogP contribution in [0.4, 0.5) is 4.79 Å². The second kappa shape index (κ2) is 6.24. The molecule has 0 aliphatic carbocycles. The fourth-order valence-electron chi connectivity index (χ4n) is 1.96. The molecule has 5 nitrogen and oxygen atoms in total. The lowest BCUT2D eigenvalue weighted by Gasteiger charge is -2.32. The molecule has 0 atom stereocenters. The molecule has 1 fully saturated rings. The molecule has 0 saturated carbocycles. The summed E-state index contributed by atoms with van der Waals surface area (Å²) in [6.07, 6.45) is -0.442. The van der Waals surface area contributed by atoms with Crippen LogP contribution in [0.15, 0.2) is 11.0 Å². The monoisotopic (exact) mass is 311 g/mol. The van der Waals surface area contributed by atoms with Gasteiger partial charge < -0.3 is 19.4 Å². The van der Waals surface area contributed by atoms with Crippen LogP contribution in [-0.4, -0.2) is 36.6 Å². The molecule has 1 amide bonds. The quantitative estimate of drug-likeness (QED) is 0.811. The predicted molar refractivity (Wildman–Crippen MR) is 88.7 cm³/mol. The summed E-state index contributed by atoms with van der Waals surface area (Å²) < 4.78 is 17.4. The average molecular weight is 311 g/mol. The van der Waals surface area contributed by atoms with E-state index in [1.807, 2.05) is 62.3 Å². The minimum atomic E-state index is -0.514. The van der Waals surface area contributed by atoms with E-state index >= 15 is 0 Å². The maximum atomic E-state index is 11.8. The summed E-state index contributed by atoms with van der Waals surface area (Å²) >= 11 is 0. The van der Waals surface area contributed by atoms with Gasteiger partial charge >= 0.3 is 13.2 Å². The highest BCUT2D eigenvalue weighted by Crippen LogP contribution is 2.38. The van der Waals surface area contributed by atoms with Crippen molar-refractivity contribution in [2.45, 2.75) is 79.1 Å². The number of hydrogen-bond donors (Lipinski definition) is 1. The third-order valence-electron chi connectivity index (χ3n) is 4.00. The normalized spacial score (nSPS) is 19.8. The van der Waals surface area contributed by atoms with Crippen LogP contribution in [0.2, 0.25) is 0 Å². The van der Waals surface area contributed by atoms with Crippen molar-refractivity contribution >= 4 is 13.2 Å². The smallest absolute Gasteiger partial charge is 0.444 e. The van der Waals surface area contributed by atoms with Gasteiger partial charge in [0.05, 0.1) is 11.2 Å². The fraction of sp³-hybridized carbons (Fsp3) is 0.812. The van der Waals surface area contributed by atoms with E-state index in [9.17, 15) is 4.79 Å². The Morgan fingerprint density at radius 3 is 1.91 bits per heavy atom. The molecule has 22 heavy (non-hydrogen) atoms. The van der Waals surface area contributed by atoms with E-state index in [0.29, 0.717) is 6.54 Å². The van der Waals surface area contributed by atoms with Gasteiger partial charge in [-0.3, -0.25) is 0 Å². The zero-order valence-corrected chi connectivity index (χ0v) is 15.4. The number of carbonyl (C=O) groups is 1. The van der Waals surface area contributed by atoms with E-state index in [4.69, 9.17) is 14.0 Å². The molecule has 1 heterocycles. The van der Waals surface area contributed by atoms with Crippen LogP contribution in [0.3, 0.4) is 0 Å². The molecule has 1 N–H and O–H groups in total. The van der Waals surface area contributed by atoms with E-state index in [-0.39, 0.29) is 0 Å². The average Bonchev–Trinajstić information content (AvgIpc) is 2.44. The summed E-state index contributed by atoms with van der Waals surface area (Å²) in [4.78, 5) is 11.8. The molecular formula is C16H30BNO4. The Morgan fingerprint density at radius 1 is 1.09 bits per heavy atom. The Labute approximate surface area is 134 Å². The number of amides is 1. The number of nitrogens with one attached hydrogen (secondary N) is 1. The minimum absolute atomic E-state index is 0.341. The Balaban J connectivity index is 2.74. The first-order chi connectivity index (χ1) is 9.75. The molecule has 1 aliphatic rings. The van der Waals surface area contributed by atoms with Crippen molar-refractivity contribution in [3.8, 4) is 0 Å². The molecule has 0 aromatic rings. The van der Waals surface area contributed by atoms with E-state index in [2.05, 4.69) is 5.32 Å². The molecule has 0 bridgehead atoms. The van der Waals surface area contributed by atoms with Crippen molar-refractivity contribution in [2.24, 2.45) is 0 Å². The SMILES string of the molecule is CC(C)=C(CNC(=O)OC(C)(C)C)B1OC(C)(C)C(C)(C)O1. The highest BCUT2D eigenvalue weighted by Gasteiger charge is 2.52. The third kappa shape index (κ3) is 4.75. The van der Waals surface area contributed by atoms with Gasteiger partial charge in [-0.2, -0.15) is 0 Å². The lowest BCUT2D eigenvalue weighted by Crippen LogP contribution is -2.41. The van der Waals surface area contributed by atoms with Gasteiger partial charge in [0.2, 0.25) is 0 Å². The largest absolute Gasteiger partial charge is 0.492 e. The zero-order chi connectivity index (χ0) is 17.3. The van der Waals surface area contributed by atoms with E-state index in [1.165, 1.54) is 0 Å². The number of allylic oxidation sites excluding steroid dienone is 1. The number of hydrogen-bond acceptors (Lipinski definition) is 4. The summed E-state index contributed by atoms with van der Waals surface area (Å²) in [5.41, 5.74) is 0.674. The Kier molecular flexibility index (Phi) is 5.40. The molecular weight excluding hydrogens is 281 g/mol. The van der Waals surface area contributed by atoms with Crippen molar-refractivity contribution in [3.63, 3.8) is 0 Å². The summed E-state index contributed by atoms with van der Waals surface area (Å²) in [5, 5.41) is 2.77. The zero-order valence-electron chi connectivity index (χ0n) is 15.4. The van der Waals surface area contributed by atoms with Gasteiger partial charge in [0, 0.05) is 6.54 Å². The minimum Gasteiger partial charge on any atom is -0.444 e. The third-order valence-corrected chi connectivity index (χ3v) is 4.00. The summed E-state index contributed by atoms with van der Waals surface area (Å²) in [6, 6.07) is 0. The van der Waals surface area contributed by atoms with Crippen LogP contribution in [0.25, 0.3) is 0 Å². The number of carbonyl (C=O) groups excluding carboxylic acids is 1. The first-order valence-corrected chi connectivity index (χ1v) is 7.74. The van der Waals surface area contributed by atoms with Crippen LogP contribution in [-0.2, 0) is 14.0 Å². The maximum absolute atomic E-state index is 11.8. The van der Waals surface area contributed by atoms with Gasteiger partial charge in [-0.15, -0.1) is 0 Å². The standard InChI is InChI=1S/C16H30BNO4/c1-11(2)12(10-18-13(19)20-14(3,4)5)17-21-15(6,7)16(8,9)22-17/h10H2,1-9H3,(H,18,19). The second-order valence-corrected chi connectivity index (χ2v) is 7.97. The lowest BCUT2D eigenvalue weighted by molar-refractivity contribution is 0.00578. The number of alkyl carbamates (subject to hydrolysis) is 1. The molecule has 0 aromatic carbocycles. The van der Waals surface area contributed by atoms with Gasteiger partial charge in [-0.05, 0) is 67.8 Å². The molecule has 0 aromatic heterocycles. The first-order valence-electron chi connectivity index (χ1n) is 7.74. The van der Waals surface area contributed by atoms with Crippen LogP contribution < -0.4 is 5.32 Å². The maximum Gasteiger partial charge on any atom is 0.492 e. The molecule has 1 saturated heterocycles. The topological polar surface area (TPSA) is 56.8 Å². The van der Waals surface area contributed by atoms with E-state index in [1.54, 1.807) is 0 Å². The van der Waals surface area contributed by atoms with E-state index in [0.717, 1.165) is 11.0 Å². The highest BCUT2D eigenvalue weighted by atomic mass is 16.7. The fourth-order valence-corrected chi connectivity index (χ4v) is 1.96. The molecule has 126 valence electrons. The van der Waals surface area contributed by atoms with Crippen LogP contribution >= 0.6 is 0 Å². The molecule has 1 aliphatic heterocycles. The van der Waals surface area contributed by atoms with Gasteiger partial charge in [0.15, 0.2) is 0 Å². The number of rotatable bonds is 3. The van der Waals surface area contributed by atoms with Crippen molar-refractivity contribution in [2.75, 3.05) is 6.54 Å².